The molecule has 0 saturated heterocycles. The van der Waals surface area contributed by atoms with Gasteiger partial charge >= 0.3 is 5.97 Å². The standard InChI is InChI=1S/C22H22N2O4S2/c1-15(12-30-22(28)18-5-3-2-4-6-18)20(25)24-19(21(26)27)14-29-13-17-9-7-16(11-23)8-10-17/h2-10,15,19H,12-14H2,1H3,(H,24,25)(H,26,27)/t15-,19+/m1/s1. The number of carboxylic acids is 1. The first-order valence-electron chi connectivity index (χ1n) is 9.23. The molecule has 156 valence electrons. The van der Waals surface area contributed by atoms with Crippen LogP contribution >= 0.6 is 23.5 Å². The smallest absolute Gasteiger partial charge is 0.327 e. The molecular weight excluding hydrogens is 420 g/mol. The SMILES string of the molecule is C[C@H](CSC(=O)c1ccccc1)C(=O)N[C@@H](CSCc1ccc(C#N)cc1)C(=O)O. The van der Waals surface area contributed by atoms with Crippen molar-refractivity contribution in [1.82, 2.24) is 5.32 Å². The number of benzene rings is 2. The number of hydrogen-bond acceptors (Lipinski definition) is 6. The van der Waals surface area contributed by atoms with Crippen LogP contribution in [-0.4, -0.2) is 39.6 Å². The molecule has 30 heavy (non-hydrogen) atoms. The predicted octanol–water partition coefficient (Wildman–Crippen LogP) is 3.57. The lowest BCUT2D eigenvalue weighted by Gasteiger charge is -2.17. The maximum absolute atomic E-state index is 12.4. The summed E-state index contributed by atoms with van der Waals surface area (Å²) in [6, 6.07) is 16.9. The van der Waals surface area contributed by atoms with Gasteiger partial charge < -0.3 is 10.4 Å². The Morgan fingerprint density at radius 3 is 2.33 bits per heavy atom. The first-order chi connectivity index (χ1) is 14.4. The van der Waals surface area contributed by atoms with Crippen LogP contribution in [0.2, 0.25) is 0 Å². The van der Waals surface area contributed by atoms with Gasteiger partial charge in [-0.15, -0.1) is 0 Å². The second-order valence-electron chi connectivity index (χ2n) is 6.59. The van der Waals surface area contributed by atoms with Crippen molar-refractivity contribution in [2.24, 2.45) is 5.92 Å². The van der Waals surface area contributed by atoms with E-state index in [0.29, 0.717) is 16.9 Å². The Morgan fingerprint density at radius 2 is 1.73 bits per heavy atom. The van der Waals surface area contributed by atoms with Gasteiger partial charge in [0.25, 0.3) is 0 Å². The number of hydrogen-bond donors (Lipinski definition) is 2. The summed E-state index contributed by atoms with van der Waals surface area (Å²) in [5.74, 6) is -0.949. The maximum atomic E-state index is 12.4. The average Bonchev–Trinajstić information content (AvgIpc) is 2.77. The van der Waals surface area contributed by atoms with E-state index in [0.717, 1.165) is 17.3 Å². The molecule has 0 fully saturated rings. The van der Waals surface area contributed by atoms with Crippen LogP contribution in [0.3, 0.4) is 0 Å². The molecule has 0 aliphatic rings. The van der Waals surface area contributed by atoms with Crippen molar-refractivity contribution in [2.75, 3.05) is 11.5 Å². The molecule has 0 unspecified atom stereocenters. The van der Waals surface area contributed by atoms with Crippen molar-refractivity contribution < 1.29 is 19.5 Å². The van der Waals surface area contributed by atoms with E-state index in [-0.39, 0.29) is 16.6 Å². The molecule has 0 aromatic heterocycles. The second-order valence-corrected chi connectivity index (χ2v) is 8.61. The summed E-state index contributed by atoms with van der Waals surface area (Å²) >= 11 is 2.43. The highest BCUT2D eigenvalue weighted by atomic mass is 32.2. The number of nitrogens with zero attached hydrogens (tertiary/aromatic N) is 1. The molecule has 6 nitrogen and oxygen atoms in total. The molecule has 0 spiro atoms. The van der Waals surface area contributed by atoms with Gasteiger partial charge in [-0.1, -0.05) is 61.2 Å². The van der Waals surface area contributed by atoms with Gasteiger partial charge in [-0.3, -0.25) is 9.59 Å². The number of aliphatic carboxylic acids is 1. The summed E-state index contributed by atoms with van der Waals surface area (Å²) in [4.78, 5) is 36.0. The van der Waals surface area contributed by atoms with Gasteiger partial charge in [0.2, 0.25) is 11.0 Å². The van der Waals surface area contributed by atoms with Gasteiger partial charge in [0.05, 0.1) is 11.6 Å². The van der Waals surface area contributed by atoms with Crippen LogP contribution in [0.15, 0.2) is 54.6 Å². The van der Waals surface area contributed by atoms with E-state index in [4.69, 9.17) is 5.26 Å². The maximum Gasteiger partial charge on any atom is 0.327 e. The first kappa shape index (κ1) is 23.5. The summed E-state index contributed by atoms with van der Waals surface area (Å²) in [5, 5.41) is 20.7. The minimum absolute atomic E-state index is 0.122. The van der Waals surface area contributed by atoms with Crippen LogP contribution in [0.25, 0.3) is 0 Å². The van der Waals surface area contributed by atoms with Gasteiger partial charge in [-0.2, -0.15) is 17.0 Å². The van der Waals surface area contributed by atoms with Gasteiger partial charge in [0, 0.05) is 28.7 Å². The zero-order chi connectivity index (χ0) is 21.9. The Morgan fingerprint density at radius 1 is 1.07 bits per heavy atom. The van der Waals surface area contributed by atoms with E-state index < -0.39 is 23.8 Å². The van der Waals surface area contributed by atoms with Crippen LogP contribution in [0.4, 0.5) is 0 Å². The summed E-state index contributed by atoms with van der Waals surface area (Å²) in [7, 11) is 0. The molecule has 0 heterocycles. The third-order valence-electron chi connectivity index (χ3n) is 4.17. The zero-order valence-electron chi connectivity index (χ0n) is 16.4. The summed E-state index contributed by atoms with van der Waals surface area (Å²) in [6.45, 7) is 1.67. The van der Waals surface area contributed by atoms with Crippen LogP contribution < -0.4 is 5.32 Å². The van der Waals surface area contributed by atoms with Crippen LogP contribution in [-0.2, 0) is 15.3 Å². The average molecular weight is 443 g/mol. The van der Waals surface area contributed by atoms with Crippen molar-refractivity contribution in [2.45, 2.75) is 18.7 Å². The molecule has 2 N–H and O–H groups in total. The molecule has 0 saturated carbocycles. The minimum Gasteiger partial charge on any atom is -0.480 e. The van der Waals surface area contributed by atoms with E-state index in [1.54, 1.807) is 43.3 Å². The van der Waals surface area contributed by atoms with Crippen molar-refractivity contribution >= 4 is 40.5 Å². The van der Waals surface area contributed by atoms with E-state index in [1.807, 2.05) is 24.3 Å². The number of nitriles is 1. The molecule has 8 heteroatoms. The Hall–Kier alpha value is -2.76. The van der Waals surface area contributed by atoms with Crippen molar-refractivity contribution in [1.29, 1.82) is 5.26 Å². The third kappa shape index (κ3) is 7.58. The number of rotatable bonds is 10. The first-order valence-corrected chi connectivity index (χ1v) is 11.4. The topological polar surface area (TPSA) is 107 Å². The van der Waals surface area contributed by atoms with Gasteiger partial charge in [-0.25, -0.2) is 4.79 Å². The van der Waals surface area contributed by atoms with E-state index in [1.165, 1.54) is 11.8 Å². The Balaban J connectivity index is 1.79. The molecule has 2 aromatic carbocycles. The second kappa shape index (κ2) is 12.1. The molecule has 1 amide bonds. The quantitative estimate of drug-likeness (QED) is 0.579. The molecule has 0 aliphatic heterocycles. The van der Waals surface area contributed by atoms with Crippen LogP contribution in [0.1, 0.15) is 28.4 Å². The summed E-state index contributed by atoms with van der Waals surface area (Å²) in [5.41, 5.74) is 2.11. The van der Waals surface area contributed by atoms with Gasteiger partial charge in [0.15, 0.2) is 0 Å². The third-order valence-corrected chi connectivity index (χ3v) is 6.44. The van der Waals surface area contributed by atoms with E-state index in [2.05, 4.69) is 5.32 Å². The van der Waals surface area contributed by atoms with Gasteiger partial charge in [0.1, 0.15) is 6.04 Å². The lowest BCUT2D eigenvalue weighted by molar-refractivity contribution is -0.141. The molecular formula is C22H22N2O4S2. The van der Waals surface area contributed by atoms with E-state index in [9.17, 15) is 19.5 Å². The zero-order valence-corrected chi connectivity index (χ0v) is 18.0. The number of carbonyl (C=O) groups excluding carboxylic acids is 2. The molecule has 0 radical (unpaired) electrons. The van der Waals surface area contributed by atoms with Gasteiger partial charge in [-0.05, 0) is 17.7 Å². The predicted molar refractivity (Wildman–Crippen MR) is 119 cm³/mol. The van der Waals surface area contributed by atoms with Crippen LogP contribution in [0, 0.1) is 17.2 Å². The molecule has 2 aromatic rings. The number of nitrogens with one attached hydrogen (secondary N) is 1. The Bertz CT molecular complexity index is 911. The number of thioether (sulfide) groups is 2. The van der Waals surface area contributed by atoms with Crippen LogP contribution in [0.5, 0.6) is 0 Å². The fourth-order valence-electron chi connectivity index (χ4n) is 2.39. The number of carboxylic acid groups (broad SMARTS) is 1. The highest BCUT2D eigenvalue weighted by molar-refractivity contribution is 8.14. The van der Waals surface area contributed by atoms with Crippen molar-refractivity contribution in [3.63, 3.8) is 0 Å². The minimum atomic E-state index is -1.10. The highest BCUT2D eigenvalue weighted by Crippen LogP contribution is 2.17. The normalized spacial score (nSPS) is 12.4. The van der Waals surface area contributed by atoms with Crippen molar-refractivity contribution in [3.8, 4) is 6.07 Å². The molecule has 2 atom stereocenters. The Labute approximate surface area is 184 Å². The van der Waals surface area contributed by atoms with E-state index >= 15 is 0 Å². The monoisotopic (exact) mass is 442 g/mol. The fourth-order valence-corrected chi connectivity index (χ4v) is 4.26. The largest absolute Gasteiger partial charge is 0.480 e. The van der Waals surface area contributed by atoms with Crippen molar-refractivity contribution in [3.05, 3.63) is 71.3 Å². The molecule has 0 bridgehead atoms. The summed E-state index contributed by atoms with van der Waals surface area (Å²) < 4.78 is 0. The molecule has 0 aliphatic carbocycles. The lowest BCUT2D eigenvalue weighted by Crippen LogP contribution is -2.45. The number of amides is 1. The molecule has 2 rings (SSSR count). The fraction of sp³-hybridized carbons (Fsp3) is 0.273. The number of carbonyl (C=O) groups is 3. The summed E-state index contributed by atoms with van der Waals surface area (Å²) in [6.07, 6.45) is 0. The lowest BCUT2D eigenvalue weighted by atomic mass is 10.2. The highest BCUT2D eigenvalue weighted by Gasteiger charge is 2.23. The Kier molecular flexibility index (Phi) is 9.45.